The first kappa shape index (κ1) is 25.6. The lowest BCUT2D eigenvalue weighted by molar-refractivity contribution is 0.0972. The van der Waals surface area contributed by atoms with Crippen molar-refractivity contribution in [3.05, 3.63) is 40.6 Å². The maximum absolute atomic E-state index is 13.0. The van der Waals surface area contributed by atoms with Gasteiger partial charge in [-0.05, 0) is 70.2 Å². The fraction of sp³-hybridized carbons (Fsp3) is 0.600. The highest BCUT2D eigenvalue weighted by Crippen LogP contribution is 2.38. The number of ketones is 1. The van der Waals surface area contributed by atoms with Gasteiger partial charge in [0.25, 0.3) is 0 Å². The Bertz CT molecular complexity index is 1320. The number of amides is 1. The molecule has 10 heteroatoms. The van der Waals surface area contributed by atoms with Crippen LogP contribution in [0.1, 0.15) is 65.7 Å². The second-order valence-corrected chi connectivity index (χ2v) is 12.1. The molecule has 2 bridgehead atoms. The van der Waals surface area contributed by atoms with E-state index in [0.717, 1.165) is 85.5 Å². The maximum atomic E-state index is 13.0. The van der Waals surface area contributed by atoms with Crippen molar-refractivity contribution in [2.24, 2.45) is 0 Å². The van der Waals surface area contributed by atoms with Crippen LogP contribution in [0.4, 0.5) is 16.3 Å². The number of aryl methyl sites for hydroxylation is 1. The van der Waals surface area contributed by atoms with Crippen LogP contribution in [-0.2, 0) is 19.4 Å². The molecule has 1 aliphatic carbocycles. The van der Waals surface area contributed by atoms with Gasteiger partial charge in [-0.25, -0.2) is 4.79 Å². The monoisotopic (exact) mass is 546 g/mol. The molecule has 4 aliphatic heterocycles. The largest absolute Gasteiger partial charge is 0.465 e. The summed E-state index contributed by atoms with van der Waals surface area (Å²) in [5.74, 6) is 1.13. The molecule has 0 saturated carbocycles. The number of benzene rings is 1. The lowest BCUT2D eigenvalue weighted by Crippen LogP contribution is -2.56. The van der Waals surface area contributed by atoms with Crippen LogP contribution in [0.2, 0.25) is 0 Å². The quantitative estimate of drug-likeness (QED) is 0.605. The van der Waals surface area contributed by atoms with Gasteiger partial charge in [0, 0.05) is 48.9 Å². The number of rotatable bonds is 5. The van der Waals surface area contributed by atoms with E-state index in [1.807, 2.05) is 0 Å². The summed E-state index contributed by atoms with van der Waals surface area (Å²) in [4.78, 5) is 43.3. The Morgan fingerprint density at radius 1 is 1.02 bits per heavy atom. The molecule has 1 amide bonds. The van der Waals surface area contributed by atoms with E-state index >= 15 is 0 Å². The molecule has 0 spiro atoms. The molecule has 3 saturated heterocycles. The molecule has 5 heterocycles. The first-order valence-corrected chi connectivity index (χ1v) is 14.9. The molecule has 10 nitrogen and oxygen atoms in total. The van der Waals surface area contributed by atoms with Crippen molar-refractivity contribution in [1.82, 2.24) is 19.8 Å². The molecule has 2 aromatic rings. The van der Waals surface area contributed by atoms with Gasteiger partial charge in [0.05, 0.1) is 24.3 Å². The minimum absolute atomic E-state index is 0.0136. The summed E-state index contributed by atoms with van der Waals surface area (Å²) in [6.45, 7) is 4.29. The molecule has 3 fully saturated rings. The third-order valence-electron chi connectivity index (χ3n) is 9.70. The Kier molecular flexibility index (Phi) is 6.53. The number of aromatic nitrogens is 2. The van der Waals surface area contributed by atoms with Crippen molar-refractivity contribution in [3.63, 3.8) is 0 Å². The van der Waals surface area contributed by atoms with Gasteiger partial charge in [0.1, 0.15) is 12.4 Å². The van der Waals surface area contributed by atoms with Crippen molar-refractivity contribution < 1.29 is 19.4 Å². The maximum Gasteiger partial charge on any atom is 0.407 e. The minimum atomic E-state index is -0.821. The van der Waals surface area contributed by atoms with Crippen molar-refractivity contribution in [1.29, 1.82) is 0 Å². The number of carboxylic acid groups (broad SMARTS) is 1. The van der Waals surface area contributed by atoms with E-state index in [1.165, 1.54) is 6.42 Å². The molecule has 212 valence electrons. The molecule has 1 unspecified atom stereocenters. The highest BCUT2D eigenvalue weighted by molar-refractivity contribution is 6.03. The molecule has 1 N–H and O–H groups in total. The van der Waals surface area contributed by atoms with Crippen LogP contribution >= 0.6 is 0 Å². The van der Waals surface area contributed by atoms with Crippen LogP contribution in [0.25, 0.3) is 0 Å². The van der Waals surface area contributed by atoms with Crippen molar-refractivity contribution in [2.75, 3.05) is 49.6 Å². The second kappa shape index (κ2) is 10.2. The SMILES string of the molecule is CN1CCCC1COc1nc2c(c(N3C[C@H]4CC[C@@H](C3)N4C(=O)O)n1)CCN(c1cccc3c1C(=O)CCC3)C2. The van der Waals surface area contributed by atoms with Crippen molar-refractivity contribution >= 4 is 23.4 Å². The van der Waals surface area contributed by atoms with E-state index in [2.05, 4.69) is 39.9 Å². The molecule has 1 aromatic heterocycles. The first-order valence-electron chi connectivity index (χ1n) is 14.9. The normalized spacial score (nSPS) is 26.2. The van der Waals surface area contributed by atoms with Crippen LogP contribution in [0.3, 0.4) is 0 Å². The van der Waals surface area contributed by atoms with E-state index in [9.17, 15) is 14.7 Å². The van der Waals surface area contributed by atoms with Gasteiger partial charge in [-0.1, -0.05) is 12.1 Å². The number of piperazine rings is 1. The Morgan fingerprint density at radius 2 is 1.85 bits per heavy atom. The standard InChI is InChI=1S/C30H38N6O4/c1-33-13-4-7-22(33)18-40-29-31-24-17-34(25-8-2-5-19-6-3-9-26(37)27(19)25)14-12-23(24)28(32-29)35-15-20-10-11-21(16-35)36(20)30(38)39/h2,5,8,20-22H,3-4,6-7,9-18H2,1H3,(H,38,39)/t20-,21+,22?. The minimum Gasteiger partial charge on any atom is -0.465 e. The van der Waals surface area contributed by atoms with Gasteiger partial charge in [0.2, 0.25) is 0 Å². The lowest BCUT2D eigenvalue weighted by atomic mass is 9.88. The molecule has 3 atom stereocenters. The van der Waals surface area contributed by atoms with Crippen LogP contribution in [0.15, 0.2) is 18.2 Å². The molecule has 7 rings (SSSR count). The van der Waals surface area contributed by atoms with Crippen LogP contribution in [0.5, 0.6) is 6.01 Å². The number of hydrogen-bond acceptors (Lipinski definition) is 8. The predicted molar refractivity (Wildman–Crippen MR) is 151 cm³/mol. The number of hydrogen-bond donors (Lipinski definition) is 1. The first-order chi connectivity index (χ1) is 19.5. The second-order valence-electron chi connectivity index (χ2n) is 12.1. The number of Topliss-reactive ketones (excluding diaryl/α,β-unsaturated/α-hetero) is 1. The van der Waals surface area contributed by atoms with Crippen LogP contribution < -0.4 is 14.5 Å². The highest BCUT2D eigenvalue weighted by Gasteiger charge is 2.44. The summed E-state index contributed by atoms with van der Waals surface area (Å²) < 4.78 is 6.27. The summed E-state index contributed by atoms with van der Waals surface area (Å²) >= 11 is 0. The van der Waals surface area contributed by atoms with Gasteiger partial charge >= 0.3 is 12.1 Å². The third-order valence-corrected chi connectivity index (χ3v) is 9.70. The summed E-state index contributed by atoms with van der Waals surface area (Å²) in [7, 11) is 2.14. The van der Waals surface area contributed by atoms with Gasteiger partial charge in [0.15, 0.2) is 5.78 Å². The number of ether oxygens (including phenoxy) is 1. The van der Waals surface area contributed by atoms with Gasteiger partial charge in [-0.2, -0.15) is 9.97 Å². The number of anilines is 2. The molecule has 5 aliphatic rings. The Morgan fingerprint density at radius 3 is 2.60 bits per heavy atom. The number of carbonyl (C=O) groups is 2. The molecular formula is C30H38N6O4. The number of fused-ring (bicyclic) bond motifs is 4. The molecule has 1 aromatic carbocycles. The average molecular weight is 547 g/mol. The Hall–Kier alpha value is -3.40. The fourth-order valence-corrected chi connectivity index (χ4v) is 7.61. The number of likely N-dealkylation sites (tertiary alicyclic amines) is 1. The fourth-order valence-electron chi connectivity index (χ4n) is 7.61. The molecular weight excluding hydrogens is 508 g/mol. The zero-order valence-corrected chi connectivity index (χ0v) is 23.2. The van der Waals surface area contributed by atoms with Crippen molar-refractivity contribution in [3.8, 4) is 6.01 Å². The highest BCUT2D eigenvalue weighted by atomic mass is 16.5. The smallest absolute Gasteiger partial charge is 0.407 e. The van der Waals surface area contributed by atoms with E-state index in [1.54, 1.807) is 4.90 Å². The summed E-state index contributed by atoms with van der Waals surface area (Å²) in [6.07, 6.45) is 6.48. The Balaban J connectivity index is 1.21. The number of carbonyl (C=O) groups excluding carboxylic acids is 1. The Labute approximate surface area is 234 Å². The zero-order valence-electron chi connectivity index (χ0n) is 23.2. The van der Waals surface area contributed by atoms with E-state index in [4.69, 9.17) is 14.7 Å². The topological polar surface area (TPSA) is 102 Å². The summed E-state index contributed by atoms with van der Waals surface area (Å²) in [6, 6.07) is 6.96. The van der Waals surface area contributed by atoms with Gasteiger partial charge in [-0.15, -0.1) is 0 Å². The van der Waals surface area contributed by atoms with E-state index in [0.29, 0.717) is 44.7 Å². The lowest BCUT2D eigenvalue weighted by Gasteiger charge is -2.41. The summed E-state index contributed by atoms with van der Waals surface area (Å²) in [5.41, 5.74) is 5.12. The van der Waals surface area contributed by atoms with Crippen molar-refractivity contribution in [2.45, 2.75) is 76.0 Å². The number of nitrogens with zero attached hydrogens (tertiary/aromatic N) is 6. The van der Waals surface area contributed by atoms with Gasteiger partial charge in [-0.3, -0.25) is 9.69 Å². The number of likely N-dealkylation sites (N-methyl/N-ethyl adjacent to an activating group) is 1. The van der Waals surface area contributed by atoms with E-state index in [-0.39, 0.29) is 17.9 Å². The van der Waals surface area contributed by atoms with Gasteiger partial charge < -0.3 is 24.5 Å². The van der Waals surface area contributed by atoms with Crippen LogP contribution in [0, 0.1) is 0 Å². The van der Waals surface area contributed by atoms with Crippen LogP contribution in [-0.4, -0.2) is 94.7 Å². The van der Waals surface area contributed by atoms with E-state index < -0.39 is 6.09 Å². The average Bonchev–Trinajstić information content (AvgIpc) is 3.49. The third kappa shape index (κ3) is 4.46. The predicted octanol–water partition coefficient (Wildman–Crippen LogP) is 3.36. The zero-order chi connectivity index (χ0) is 27.4. The molecule has 40 heavy (non-hydrogen) atoms. The summed E-state index contributed by atoms with van der Waals surface area (Å²) in [5, 5.41) is 9.78. The molecule has 0 radical (unpaired) electrons.